The topological polar surface area (TPSA) is 65.8 Å². The summed E-state index contributed by atoms with van der Waals surface area (Å²) in [5, 5.41) is 0. The van der Waals surface area contributed by atoms with Crippen LogP contribution >= 0.6 is 0 Å². The van der Waals surface area contributed by atoms with Crippen molar-refractivity contribution in [2.75, 3.05) is 40.5 Å². The molecule has 1 fully saturated rings. The lowest BCUT2D eigenvalue weighted by Crippen LogP contribution is -2.42. The van der Waals surface area contributed by atoms with Gasteiger partial charge in [0, 0.05) is 19.5 Å². The number of para-hydroxylation sites is 2. The van der Waals surface area contributed by atoms with Gasteiger partial charge in [0.2, 0.25) is 5.91 Å². The Morgan fingerprint density at radius 3 is 2.59 bits per heavy atom. The first-order valence-corrected chi connectivity index (χ1v) is 9.70. The van der Waals surface area contributed by atoms with Crippen LogP contribution in [0.5, 0.6) is 11.5 Å². The molecule has 7 heteroatoms. The van der Waals surface area contributed by atoms with Gasteiger partial charge in [0.25, 0.3) is 0 Å². The van der Waals surface area contributed by atoms with Crippen LogP contribution in [0.2, 0.25) is 0 Å². The molecule has 1 saturated heterocycles. The molecule has 2 heterocycles. The number of fused-ring (bicyclic) bond motifs is 1. The van der Waals surface area contributed by atoms with Gasteiger partial charge in [-0.15, -0.1) is 0 Å². The Morgan fingerprint density at radius 2 is 1.83 bits per heavy atom. The van der Waals surface area contributed by atoms with Crippen molar-refractivity contribution < 1.29 is 19.0 Å². The predicted octanol–water partition coefficient (Wildman–Crippen LogP) is 2.50. The Morgan fingerprint density at radius 1 is 1.07 bits per heavy atom. The molecule has 0 bridgehead atoms. The Hall–Kier alpha value is -3.06. The number of rotatable bonds is 6. The first-order valence-electron chi connectivity index (χ1n) is 9.70. The number of benzene rings is 2. The summed E-state index contributed by atoms with van der Waals surface area (Å²) in [6.07, 6.45) is 0.589. The number of imidazole rings is 1. The lowest BCUT2D eigenvalue weighted by atomic mass is 10.1. The van der Waals surface area contributed by atoms with Crippen LogP contribution in [-0.4, -0.2) is 60.9 Å². The summed E-state index contributed by atoms with van der Waals surface area (Å²) in [4.78, 5) is 19.5. The molecule has 0 spiro atoms. The van der Waals surface area contributed by atoms with Crippen LogP contribution in [0.25, 0.3) is 11.0 Å². The molecule has 4 rings (SSSR count). The molecule has 0 radical (unpaired) electrons. The predicted molar refractivity (Wildman–Crippen MR) is 109 cm³/mol. The van der Waals surface area contributed by atoms with E-state index < -0.39 is 0 Å². The summed E-state index contributed by atoms with van der Waals surface area (Å²) < 4.78 is 18.1. The molecule has 7 nitrogen and oxygen atoms in total. The molecule has 3 aromatic rings. The third-order valence-corrected chi connectivity index (χ3v) is 5.20. The molecule has 152 valence electrons. The maximum absolute atomic E-state index is 12.9. The van der Waals surface area contributed by atoms with Crippen LogP contribution in [0.4, 0.5) is 0 Å². The Bertz CT molecular complexity index is 1010. The second kappa shape index (κ2) is 8.53. The zero-order valence-corrected chi connectivity index (χ0v) is 16.8. The summed E-state index contributed by atoms with van der Waals surface area (Å²) in [5.41, 5.74) is 2.89. The molecule has 2 aromatic carbocycles. The second-order valence-electron chi connectivity index (χ2n) is 6.96. The van der Waals surface area contributed by atoms with E-state index in [4.69, 9.17) is 19.2 Å². The monoisotopic (exact) mass is 395 g/mol. The number of nitrogens with zero attached hydrogens (tertiary/aromatic N) is 3. The van der Waals surface area contributed by atoms with Crippen molar-refractivity contribution in [3.05, 3.63) is 53.9 Å². The van der Waals surface area contributed by atoms with Gasteiger partial charge < -0.3 is 23.7 Å². The number of ether oxygens (including phenoxy) is 3. The Balaban J connectivity index is 1.65. The summed E-state index contributed by atoms with van der Waals surface area (Å²) in [5.74, 6) is 2.30. The summed E-state index contributed by atoms with van der Waals surface area (Å²) in [7, 11) is 3.24. The van der Waals surface area contributed by atoms with Crippen molar-refractivity contribution >= 4 is 16.9 Å². The first-order chi connectivity index (χ1) is 14.2. The Kier molecular flexibility index (Phi) is 5.67. The number of hydrogen-bond acceptors (Lipinski definition) is 5. The van der Waals surface area contributed by atoms with Crippen molar-refractivity contribution in [2.45, 2.75) is 13.0 Å². The summed E-state index contributed by atoms with van der Waals surface area (Å²) in [6.45, 7) is 2.72. The highest BCUT2D eigenvalue weighted by molar-refractivity contribution is 5.81. The zero-order chi connectivity index (χ0) is 20.2. The normalized spacial score (nSPS) is 14.2. The fraction of sp³-hybridized carbons (Fsp3) is 0.364. The molecule has 1 amide bonds. The number of carbonyl (C=O) groups is 1. The summed E-state index contributed by atoms with van der Waals surface area (Å²) >= 11 is 0. The molecular weight excluding hydrogens is 370 g/mol. The van der Waals surface area contributed by atoms with Gasteiger partial charge in [0.15, 0.2) is 11.5 Å². The van der Waals surface area contributed by atoms with Crippen LogP contribution in [0, 0.1) is 0 Å². The third-order valence-electron chi connectivity index (χ3n) is 5.20. The van der Waals surface area contributed by atoms with E-state index in [1.54, 1.807) is 14.2 Å². The number of amides is 1. The largest absolute Gasteiger partial charge is 0.493 e. The number of hydrogen-bond donors (Lipinski definition) is 0. The Labute approximate surface area is 169 Å². The molecule has 0 saturated carbocycles. The highest BCUT2D eigenvalue weighted by Gasteiger charge is 2.20. The van der Waals surface area contributed by atoms with E-state index in [9.17, 15) is 4.79 Å². The molecule has 1 aromatic heterocycles. The van der Waals surface area contributed by atoms with E-state index in [1.165, 1.54) is 0 Å². The van der Waals surface area contributed by atoms with Crippen LogP contribution in [0.3, 0.4) is 0 Å². The third kappa shape index (κ3) is 4.05. The average Bonchev–Trinajstić information content (AvgIpc) is 3.11. The number of morpholine rings is 1. The lowest BCUT2D eigenvalue weighted by Gasteiger charge is -2.27. The smallest absolute Gasteiger partial charge is 0.242 e. The first kappa shape index (κ1) is 19.3. The maximum Gasteiger partial charge on any atom is 0.242 e. The van der Waals surface area contributed by atoms with Crippen LogP contribution < -0.4 is 9.47 Å². The fourth-order valence-corrected chi connectivity index (χ4v) is 3.66. The molecule has 29 heavy (non-hydrogen) atoms. The quantitative estimate of drug-likeness (QED) is 0.642. The van der Waals surface area contributed by atoms with Crippen molar-refractivity contribution in [1.29, 1.82) is 0 Å². The molecule has 1 aliphatic heterocycles. The lowest BCUT2D eigenvalue weighted by molar-refractivity contribution is -0.135. The van der Waals surface area contributed by atoms with E-state index in [1.807, 2.05) is 51.9 Å². The van der Waals surface area contributed by atoms with Gasteiger partial charge in [-0.05, 0) is 29.8 Å². The molecule has 0 unspecified atom stereocenters. The van der Waals surface area contributed by atoms with Crippen LogP contribution in [0.15, 0.2) is 42.5 Å². The van der Waals surface area contributed by atoms with E-state index in [0.717, 1.165) is 22.4 Å². The minimum absolute atomic E-state index is 0.0880. The van der Waals surface area contributed by atoms with Crippen LogP contribution in [-0.2, 0) is 22.5 Å². The molecule has 0 N–H and O–H groups in total. The number of aromatic nitrogens is 2. The standard InChI is InChI=1S/C22H25N3O4/c1-27-19-8-7-16(13-20(19)28-2)14-21-23-17-5-3-4-6-18(17)25(21)15-22(26)24-9-11-29-12-10-24/h3-8,13H,9-12,14-15H2,1-2H3. The van der Waals surface area contributed by atoms with Gasteiger partial charge in [-0.1, -0.05) is 18.2 Å². The number of methoxy groups -OCH3 is 2. The molecule has 0 atom stereocenters. The molecular formula is C22H25N3O4. The van der Waals surface area contributed by atoms with Gasteiger partial charge in [-0.2, -0.15) is 0 Å². The van der Waals surface area contributed by atoms with Crippen molar-refractivity contribution in [1.82, 2.24) is 14.5 Å². The van der Waals surface area contributed by atoms with Crippen LogP contribution in [0.1, 0.15) is 11.4 Å². The average molecular weight is 395 g/mol. The highest BCUT2D eigenvalue weighted by atomic mass is 16.5. The van der Waals surface area contributed by atoms with Gasteiger partial charge in [0.05, 0.1) is 38.5 Å². The van der Waals surface area contributed by atoms with Gasteiger partial charge in [-0.3, -0.25) is 4.79 Å². The van der Waals surface area contributed by atoms with Gasteiger partial charge in [-0.25, -0.2) is 4.98 Å². The molecule has 0 aliphatic carbocycles. The maximum atomic E-state index is 12.9. The minimum atomic E-state index is 0.0880. The van der Waals surface area contributed by atoms with Crippen molar-refractivity contribution in [3.8, 4) is 11.5 Å². The number of carbonyl (C=O) groups excluding carboxylic acids is 1. The molecule has 1 aliphatic rings. The summed E-state index contributed by atoms with van der Waals surface area (Å²) in [6, 6.07) is 13.8. The van der Waals surface area contributed by atoms with E-state index in [-0.39, 0.29) is 12.5 Å². The SMILES string of the molecule is COc1ccc(Cc2nc3ccccc3n2CC(=O)N2CCOCC2)cc1OC. The highest BCUT2D eigenvalue weighted by Crippen LogP contribution is 2.29. The minimum Gasteiger partial charge on any atom is -0.493 e. The van der Waals surface area contributed by atoms with E-state index in [2.05, 4.69) is 0 Å². The van der Waals surface area contributed by atoms with E-state index in [0.29, 0.717) is 44.2 Å². The van der Waals surface area contributed by atoms with Gasteiger partial charge in [0.1, 0.15) is 12.4 Å². The van der Waals surface area contributed by atoms with E-state index >= 15 is 0 Å². The van der Waals surface area contributed by atoms with Crippen molar-refractivity contribution in [3.63, 3.8) is 0 Å². The second-order valence-corrected chi connectivity index (χ2v) is 6.96. The van der Waals surface area contributed by atoms with Gasteiger partial charge >= 0.3 is 0 Å². The fourth-order valence-electron chi connectivity index (χ4n) is 3.66. The van der Waals surface area contributed by atoms with Crippen molar-refractivity contribution in [2.24, 2.45) is 0 Å². The zero-order valence-electron chi connectivity index (χ0n) is 16.8.